The molecule has 0 bridgehead atoms. The first-order chi connectivity index (χ1) is 12.3. The topological polar surface area (TPSA) is 51.9 Å². The van der Waals surface area contributed by atoms with Gasteiger partial charge < -0.3 is 18.8 Å². The van der Waals surface area contributed by atoms with Crippen molar-refractivity contribution >= 4 is 5.91 Å². The molecule has 1 amide bonds. The molecule has 26 heavy (non-hydrogen) atoms. The van der Waals surface area contributed by atoms with Gasteiger partial charge in [0.25, 0.3) is 5.91 Å². The van der Waals surface area contributed by atoms with E-state index in [-0.39, 0.29) is 31.1 Å². The molecule has 1 saturated heterocycles. The van der Waals surface area contributed by atoms with E-state index in [1.807, 2.05) is 19.1 Å². The number of nitrogens with zero attached hydrogens (tertiary/aromatic N) is 1. The normalized spacial score (nSPS) is 18.0. The maximum absolute atomic E-state index is 12.8. The van der Waals surface area contributed by atoms with Crippen molar-refractivity contribution in [2.24, 2.45) is 0 Å². The van der Waals surface area contributed by atoms with Crippen LogP contribution in [0.1, 0.15) is 21.7 Å². The number of aryl methyl sites for hydroxylation is 1. The third-order valence-electron chi connectivity index (χ3n) is 4.09. The number of ether oxygens (including phenoxy) is 2. The van der Waals surface area contributed by atoms with Crippen LogP contribution in [0.15, 0.2) is 41.0 Å². The van der Waals surface area contributed by atoms with Crippen LogP contribution in [0.4, 0.5) is 13.2 Å². The van der Waals surface area contributed by atoms with Crippen LogP contribution in [0, 0.1) is 6.92 Å². The molecule has 3 rings (SSSR count). The zero-order chi connectivity index (χ0) is 18.7. The fraction of sp³-hybridized carbons (Fsp3) is 0.389. The molecule has 1 atom stereocenters. The Morgan fingerprint density at radius 3 is 2.69 bits per heavy atom. The van der Waals surface area contributed by atoms with Crippen molar-refractivity contribution in [1.29, 1.82) is 0 Å². The highest BCUT2D eigenvalue weighted by atomic mass is 19.4. The first-order valence-corrected chi connectivity index (χ1v) is 8.08. The Kier molecular flexibility index (Phi) is 5.22. The van der Waals surface area contributed by atoms with Crippen LogP contribution in [-0.4, -0.2) is 42.8 Å². The average molecular weight is 369 g/mol. The van der Waals surface area contributed by atoms with Crippen LogP contribution in [0.2, 0.25) is 0 Å². The summed E-state index contributed by atoms with van der Waals surface area (Å²) >= 11 is 0. The van der Waals surface area contributed by atoms with Crippen molar-refractivity contribution in [2.45, 2.75) is 25.8 Å². The third kappa shape index (κ3) is 4.19. The first-order valence-electron chi connectivity index (χ1n) is 8.08. The van der Waals surface area contributed by atoms with Crippen LogP contribution in [0.5, 0.6) is 5.75 Å². The lowest BCUT2D eigenvalue weighted by atomic mass is 10.2. The van der Waals surface area contributed by atoms with Gasteiger partial charge in [-0.1, -0.05) is 17.7 Å². The van der Waals surface area contributed by atoms with E-state index in [9.17, 15) is 18.0 Å². The number of hydrogen-bond donors (Lipinski definition) is 0. The van der Waals surface area contributed by atoms with Gasteiger partial charge in [-0.25, -0.2) is 0 Å². The number of furan rings is 1. The lowest BCUT2D eigenvalue weighted by molar-refractivity contribution is -0.233. The highest BCUT2D eigenvalue weighted by Crippen LogP contribution is 2.27. The molecule has 0 radical (unpaired) electrons. The van der Waals surface area contributed by atoms with Gasteiger partial charge in [0.15, 0.2) is 11.9 Å². The Labute approximate surface area is 148 Å². The zero-order valence-electron chi connectivity index (χ0n) is 14.1. The van der Waals surface area contributed by atoms with Crippen molar-refractivity contribution in [1.82, 2.24) is 4.90 Å². The Morgan fingerprint density at radius 1 is 1.27 bits per heavy atom. The Hall–Kier alpha value is -2.48. The lowest BCUT2D eigenvalue weighted by Crippen LogP contribution is -2.51. The van der Waals surface area contributed by atoms with E-state index in [0.717, 1.165) is 10.5 Å². The molecule has 0 N–H and O–H groups in total. The van der Waals surface area contributed by atoms with Crippen molar-refractivity contribution in [3.05, 3.63) is 53.5 Å². The number of benzene rings is 1. The molecule has 0 spiro atoms. The van der Waals surface area contributed by atoms with E-state index in [4.69, 9.17) is 13.9 Å². The van der Waals surface area contributed by atoms with Crippen LogP contribution in [0.3, 0.4) is 0 Å². The van der Waals surface area contributed by atoms with E-state index < -0.39 is 24.7 Å². The molecule has 140 valence electrons. The van der Waals surface area contributed by atoms with Gasteiger partial charge in [-0.2, -0.15) is 13.2 Å². The number of hydrogen-bond acceptors (Lipinski definition) is 4. The minimum Gasteiger partial charge on any atom is -0.486 e. The van der Waals surface area contributed by atoms with E-state index in [1.165, 1.54) is 12.3 Å². The molecule has 8 heteroatoms. The molecule has 5 nitrogen and oxygen atoms in total. The minimum atomic E-state index is -4.51. The van der Waals surface area contributed by atoms with Crippen molar-refractivity contribution in [3.63, 3.8) is 0 Å². The molecule has 1 unspecified atom stereocenters. The summed E-state index contributed by atoms with van der Waals surface area (Å²) in [6, 6.07) is 8.78. The second-order valence-corrected chi connectivity index (χ2v) is 6.01. The van der Waals surface area contributed by atoms with Crippen LogP contribution < -0.4 is 4.74 Å². The Morgan fingerprint density at radius 2 is 2.00 bits per heavy atom. The van der Waals surface area contributed by atoms with Crippen LogP contribution in [0.25, 0.3) is 0 Å². The monoisotopic (exact) mass is 369 g/mol. The zero-order valence-corrected chi connectivity index (χ0v) is 14.1. The minimum absolute atomic E-state index is 0.00414. The average Bonchev–Trinajstić information content (AvgIpc) is 3.08. The molecule has 1 fully saturated rings. The lowest BCUT2D eigenvalue weighted by Gasteiger charge is -2.33. The van der Waals surface area contributed by atoms with Crippen molar-refractivity contribution in [2.75, 3.05) is 19.7 Å². The van der Waals surface area contributed by atoms with Gasteiger partial charge in [0.05, 0.1) is 25.0 Å². The summed E-state index contributed by atoms with van der Waals surface area (Å²) in [5.74, 6) is 0.346. The molecule has 1 aliphatic rings. The predicted octanol–water partition coefficient (Wildman–Crippen LogP) is 3.57. The molecule has 2 aromatic rings. The number of amides is 1. The summed E-state index contributed by atoms with van der Waals surface area (Å²) < 4.78 is 54.1. The fourth-order valence-corrected chi connectivity index (χ4v) is 2.63. The van der Waals surface area contributed by atoms with Gasteiger partial charge in [-0.3, -0.25) is 4.79 Å². The highest BCUT2D eigenvalue weighted by molar-refractivity contribution is 5.95. The molecule has 1 aromatic carbocycles. The molecule has 2 heterocycles. The fourth-order valence-electron chi connectivity index (χ4n) is 2.63. The van der Waals surface area contributed by atoms with Crippen molar-refractivity contribution < 1.29 is 31.9 Å². The number of rotatable bonds is 4. The molecular formula is C18H18F3NO4. The number of carbonyl (C=O) groups excluding carboxylic acids is 1. The SMILES string of the molecule is Cc1ccc(OCc2occc2C(=O)N2CCOC(C(F)(F)F)C2)cc1. The largest absolute Gasteiger partial charge is 0.486 e. The van der Waals surface area contributed by atoms with E-state index >= 15 is 0 Å². The molecular weight excluding hydrogens is 351 g/mol. The molecule has 0 saturated carbocycles. The maximum Gasteiger partial charge on any atom is 0.416 e. The van der Waals surface area contributed by atoms with Gasteiger partial charge in [-0.15, -0.1) is 0 Å². The van der Waals surface area contributed by atoms with Gasteiger partial charge in [0.1, 0.15) is 12.4 Å². The second-order valence-electron chi connectivity index (χ2n) is 6.01. The maximum atomic E-state index is 12.8. The van der Waals surface area contributed by atoms with Gasteiger partial charge >= 0.3 is 6.18 Å². The third-order valence-corrected chi connectivity index (χ3v) is 4.09. The second kappa shape index (κ2) is 7.41. The van der Waals surface area contributed by atoms with E-state index in [2.05, 4.69) is 0 Å². The summed E-state index contributed by atoms with van der Waals surface area (Å²) in [5, 5.41) is 0. The number of carbonyl (C=O) groups is 1. The molecule has 1 aromatic heterocycles. The van der Waals surface area contributed by atoms with Crippen LogP contribution >= 0.6 is 0 Å². The summed E-state index contributed by atoms with van der Waals surface area (Å²) in [7, 11) is 0. The molecule has 1 aliphatic heterocycles. The van der Waals surface area contributed by atoms with Gasteiger partial charge in [-0.05, 0) is 25.1 Å². The van der Waals surface area contributed by atoms with Crippen molar-refractivity contribution in [3.8, 4) is 5.75 Å². The van der Waals surface area contributed by atoms with E-state index in [0.29, 0.717) is 5.75 Å². The van der Waals surface area contributed by atoms with E-state index in [1.54, 1.807) is 12.1 Å². The highest BCUT2D eigenvalue weighted by Gasteiger charge is 2.44. The van der Waals surface area contributed by atoms with Gasteiger partial charge in [0, 0.05) is 6.54 Å². The summed E-state index contributed by atoms with van der Waals surface area (Å²) in [5.41, 5.74) is 1.28. The number of alkyl halides is 3. The Bertz CT molecular complexity index is 755. The first kappa shape index (κ1) is 18.3. The summed E-state index contributed by atoms with van der Waals surface area (Å²) in [6.07, 6.45) is -5.16. The summed E-state index contributed by atoms with van der Waals surface area (Å²) in [4.78, 5) is 13.7. The van der Waals surface area contributed by atoms with Gasteiger partial charge in [0.2, 0.25) is 0 Å². The predicted molar refractivity (Wildman–Crippen MR) is 85.9 cm³/mol. The molecule has 0 aliphatic carbocycles. The number of morpholine rings is 1. The van der Waals surface area contributed by atoms with Crippen LogP contribution in [-0.2, 0) is 11.3 Å². The quantitative estimate of drug-likeness (QED) is 0.827. The number of halogens is 3. The standard InChI is InChI=1S/C18H18F3NO4/c1-12-2-4-13(5-3-12)26-11-15-14(6-8-24-15)17(23)22-7-9-25-16(10-22)18(19,20)21/h2-6,8,16H,7,9-11H2,1H3. The summed E-state index contributed by atoms with van der Waals surface area (Å²) in [6.45, 7) is 1.34. The Balaban J connectivity index is 1.67. The smallest absolute Gasteiger partial charge is 0.416 e.